The lowest BCUT2D eigenvalue weighted by atomic mass is 10.1. The zero-order valence-corrected chi connectivity index (χ0v) is 18.3. The summed E-state index contributed by atoms with van der Waals surface area (Å²) in [5.41, 5.74) is 2.80. The Kier molecular flexibility index (Phi) is 7.25. The van der Waals surface area contributed by atoms with E-state index >= 15 is 0 Å². The van der Waals surface area contributed by atoms with E-state index in [0.29, 0.717) is 0 Å². The summed E-state index contributed by atoms with van der Waals surface area (Å²) in [6.07, 6.45) is 0.211. The Labute approximate surface area is 181 Å². The molecule has 0 spiro atoms. The fourth-order valence-electron chi connectivity index (χ4n) is 3.35. The van der Waals surface area contributed by atoms with Gasteiger partial charge in [0.1, 0.15) is 0 Å². The van der Waals surface area contributed by atoms with Gasteiger partial charge in [-0.3, -0.25) is 9.59 Å². The molecule has 0 saturated heterocycles. The summed E-state index contributed by atoms with van der Waals surface area (Å²) in [6, 6.07) is 21.3. The SMILES string of the molecule is CC(=O)NC(CC(=O)N(c1ccc(Nc2ccccc2)cc1)C(C)C)c1cccs1. The monoisotopic (exact) mass is 421 g/mol. The van der Waals surface area contributed by atoms with Gasteiger partial charge >= 0.3 is 0 Å². The standard InChI is InChI=1S/C24H27N3O2S/c1-17(2)27(24(29)16-22(25-18(3)28)23-10-7-15-30-23)21-13-11-20(12-14-21)26-19-8-5-4-6-9-19/h4-15,17,22,26H,16H2,1-3H3,(H,25,28). The molecule has 156 valence electrons. The molecule has 2 aromatic carbocycles. The second kappa shape index (κ2) is 10.1. The molecule has 0 bridgehead atoms. The number of nitrogens with zero attached hydrogens (tertiary/aromatic N) is 1. The molecule has 1 unspecified atom stereocenters. The number of anilines is 3. The lowest BCUT2D eigenvalue weighted by Crippen LogP contribution is -2.39. The van der Waals surface area contributed by atoms with Crippen molar-refractivity contribution < 1.29 is 9.59 Å². The average molecular weight is 422 g/mol. The van der Waals surface area contributed by atoms with Gasteiger partial charge < -0.3 is 15.5 Å². The summed E-state index contributed by atoms with van der Waals surface area (Å²) in [5, 5.41) is 8.21. The average Bonchev–Trinajstić information content (AvgIpc) is 3.24. The van der Waals surface area contributed by atoms with E-state index in [-0.39, 0.29) is 30.3 Å². The number of rotatable bonds is 8. The van der Waals surface area contributed by atoms with Crippen molar-refractivity contribution in [1.29, 1.82) is 0 Å². The van der Waals surface area contributed by atoms with Crippen molar-refractivity contribution >= 4 is 40.2 Å². The van der Waals surface area contributed by atoms with Crippen LogP contribution in [0.3, 0.4) is 0 Å². The van der Waals surface area contributed by atoms with Crippen LogP contribution in [0.2, 0.25) is 0 Å². The molecule has 1 atom stereocenters. The third-order valence-corrected chi connectivity index (χ3v) is 5.62. The van der Waals surface area contributed by atoms with Gasteiger partial charge in [0.25, 0.3) is 0 Å². The van der Waals surface area contributed by atoms with E-state index in [4.69, 9.17) is 0 Å². The molecule has 1 heterocycles. The molecule has 0 aliphatic rings. The van der Waals surface area contributed by atoms with Gasteiger partial charge in [-0.25, -0.2) is 0 Å². The molecule has 5 nitrogen and oxygen atoms in total. The van der Waals surface area contributed by atoms with Gasteiger partial charge in [0.05, 0.1) is 12.5 Å². The van der Waals surface area contributed by atoms with Gasteiger partial charge in [0, 0.05) is 34.9 Å². The van der Waals surface area contributed by atoms with Gasteiger partial charge in [-0.1, -0.05) is 24.3 Å². The number of hydrogen-bond donors (Lipinski definition) is 2. The zero-order valence-electron chi connectivity index (χ0n) is 17.5. The second-order valence-corrected chi connectivity index (χ2v) is 8.35. The van der Waals surface area contributed by atoms with Crippen LogP contribution in [-0.4, -0.2) is 17.9 Å². The topological polar surface area (TPSA) is 61.4 Å². The third kappa shape index (κ3) is 5.70. The van der Waals surface area contributed by atoms with Crippen molar-refractivity contribution in [2.24, 2.45) is 0 Å². The van der Waals surface area contributed by atoms with E-state index in [0.717, 1.165) is 21.9 Å². The Morgan fingerprint density at radius 2 is 1.60 bits per heavy atom. The summed E-state index contributed by atoms with van der Waals surface area (Å²) in [5.74, 6) is -0.172. The maximum atomic E-state index is 13.2. The fourth-order valence-corrected chi connectivity index (χ4v) is 4.13. The first-order chi connectivity index (χ1) is 14.4. The van der Waals surface area contributed by atoms with Crippen LogP contribution in [0, 0.1) is 0 Å². The van der Waals surface area contributed by atoms with Crippen LogP contribution in [-0.2, 0) is 9.59 Å². The normalized spacial score (nSPS) is 11.7. The highest BCUT2D eigenvalue weighted by Gasteiger charge is 2.25. The van der Waals surface area contributed by atoms with Crippen LogP contribution in [0.1, 0.15) is 38.1 Å². The van der Waals surface area contributed by atoms with Gasteiger partial charge in [0.2, 0.25) is 11.8 Å². The molecular weight excluding hydrogens is 394 g/mol. The number of para-hydroxylation sites is 1. The first-order valence-electron chi connectivity index (χ1n) is 9.98. The lowest BCUT2D eigenvalue weighted by molar-refractivity contribution is -0.121. The number of hydrogen-bond acceptors (Lipinski definition) is 4. The Balaban J connectivity index is 1.75. The van der Waals surface area contributed by atoms with Crippen LogP contribution in [0.15, 0.2) is 72.1 Å². The molecular formula is C24H27N3O2S. The van der Waals surface area contributed by atoms with Gasteiger partial charge in [-0.05, 0) is 61.7 Å². The minimum absolute atomic E-state index is 0.00764. The molecule has 0 saturated carbocycles. The molecule has 30 heavy (non-hydrogen) atoms. The fraction of sp³-hybridized carbons (Fsp3) is 0.250. The Morgan fingerprint density at radius 3 is 2.17 bits per heavy atom. The maximum Gasteiger partial charge on any atom is 0.229 e. The van der Waals surface area contributed by atoms with E-state index in [1.165, 1.54) is 6.92 Å². The van der Waals surface area contributed by atoms with E-state index in [2.05, 4.69) is 10.6 Å². The van der Waals surface area contributed by atoms with Crippen LogP contribution in [0.4, 0.5) is 17.1 Å². The van der Waals surface area contributed by atoms with Crippen molar-refractivity contribution in [1.82, 2.24) is 5.32 Å². The number of thiophene rings is 1. The van der Waals surface area contributed by atoms with Crippen LogP contribution >= 0.6 is 11.3 Å². The molecule has 3 aromatic rings. The quantitative estimate of drug-likeness (QED) is 0.505. The molecule has 2 N–H and O–H groups in total. The molecule has 0 aliphatic carbocycles. The molecule has 3 rings (SSSR count). The van der Waals surface area contributed by atoms with Gasteiger partial charge in [0.15, 0.2) is 0 Å². The summed E-state index contributed by atoms with van der Waals surface area (Å²) in [6.45, 7) is 5.46. The van der Waals surface area contributed by atoms with E-state index in [1.807, 2.05) is 86.0 Å². The smallest absolute Gasteiger partial charge is 0.229 e. The number of nitrogens with one attached hydrogen (secondary N) is 2. The summed E-state index contributed by atoms with van der Waals surface area (Å²) >= 11 is 1.54. The highest BCUT2D eigenvalue weighted by atomic mass is 32.1. The first-order valence-corrected chi connectivity index (χ1v) is 10.9. The van der Waals surface area contributed by atoms with E-state index in [1.54, 1.807) is 16.2 Å². The van der Waals surface area contributed by atoms with E-state index < -0.39 is 0 Å². The number of amides is 2. The molecule has 1 aromatic heterocycles. The van der Waals surface area contributed by atoms with Gasteiger partial charge in [-0.15, -0.1) is 11.3 Å². The highest BCUT2D eigenvalue weighted by Crippen LogP contribution is 2.27. The highest BCUT2D eigenvalue weighted by molar-refractivity contribution is 7.10. The van der Waals surface area contributed by atoms with Crippen molar-refractivity contribution in [2.45, 2.75) is 39.3 Å². The molecule has 2 amide bonds. The third-order valence-electron chi connectivity index (χ3n) is 4.64. The first kappa shape index (κ1) is 21.6. The Morgan fingerprint density at radius 1 is 0.933 bits per heavy atom. The maximum absolute atomic E-state index is 13.2. The summed E-state index contributed by atoms with van der Waals surface area (Å²) < 4.78 is 0. The molecule has 0 aliphatic heterocycles. The number of carbonyl (C=O) groups is 2. The van der Waals surface area contributed by atoms with Crippen LogP contribution in [0.5, 0.6) is 0 Å². The molecule has 0 fully saturated rings. The van der Waals surface area contributed by atoms with Crippen molar-refractivity contribution in [2.75, 3.05) is 10.2 Å². The Bertz CT molecular complexity index is 954. The molecule has 6 heteroatoms. The predicted octanol–water partition coefficient (Wildman–Crippen LogP) is 5.50. The van der Waals surface area contributed by atoms with Gasteiger partial charge in [-0.2, -0.15) is 0 Å². The second-order valence-electron chi connectivity index (χ2n) is 7.37. The summed E-state index contributed by atoms with van der Waals surface area (Å²) in [7, 11) is 0. The minimum Gasteiger partial charge on any atom is -0.356 e. The lowest BCUT2D eigenvalue weighted by Gasteiger charge is -2.29. The zero-order chi connectivity index (χ0) is 21.5. The van der Waals surface area contributed by atoms with Crippen molar-refractivity contribution in [3.05, 3.63) is 77.0 Å². The van der Waals surface area contributed by atoms with Crippen molar-refractivity contribution in [3.63, 3.8) is 0 Å². The Hall–Kier alpha value is -3.12. The predicted molar refractivity (Wildman–Crippen MR) is 124 cm³/mol. The molecule has 0 radical (unpaired) electrons. The number of carbonyl (C=O) groups excluding carboxylic acids is 2. The van der Waals surface area contributed by atoms with Crippen molar-refractivity contribution in [3.8, 4) is 0 Å². The minimum atomic E-state index is -0.324. The largest absolute Gasteiger partial charge is 0.356 e. The van der Waals surface area contributed by atoms with E-state index in [9.17, 15) is 9.59 Å². The summed E-state index contributed by atoms with van der Waals surface area (Å²) in [4.78, 5) is 27.6. The number of benzene rings is 2. The van der Waals surface area contributed by atoms with Crippen LogP contribution < -0.4 is 15.5 Å². The van der Waals surface area contributed by atoms with Crippen LogP contribution in [0.25, 0.3) is 0 Å².